The first-order valence-electron chi connectivity index (χ1n) is 7.31. The van der Waals surface area contributed by atoms with Gasteiger partial charge in [-0.05, 0) is 37.1 Å². The molecule has 2 saturated heterocycles. The van der Waals surface area contributed by atoms with Gasteiger partial charge in [0.05, 0.1) is 18.6 Å². The molecule has 1 amide bonds. The first-order chi connectivity index (χ1) is 10.2. The van der Waals surface area contributed by atoms with Crippen LogP contribution in [0.25, 0.3) is 0 Å². The maximum atomic E-state index is 11.8. The third-order valence-electron chi connectivity index (χ3n) is 4.49. The van der Waals surface area contributed by atoms with Crippen LogP contribution < -0.4 is 10.1 Å². The Morgan fingerprint density at radius 1 is 1.52 bits per heavy atom. The van der Waals surface area contributed by atoms with Crippen LogP contribution in [0.2, 0.25) is 0 Å². The number of rotatable bonds is 3. The number of hydrogen-bond donors (Lipinski definition) is 1. The molecule has 0 spiro atoms. The summed E-state index contributed by atoms with van der Waals surface area (Å²) in [5, 5.41) is 12.0. The summed E-state index contributed by atoms with van der Waals surface area (Å²) in [6.07, 6.45) is 2.05. The van der Waals surface area contributed by atoms with Gasteiger partial charge in [-0.25, -0.2) is 0 Å². The summed E-state index contributed by atoms with van der Waals surface area (Å²) in [6.45, 7) is 2.55. The quantitative estimate of drug-likeness (QED) is 0.908. The number of carbonyl (C=O) groups excluding carboxylic acids is 1. The zero-order valence-corrected chi connectivity index (χ0v) is 12.1. The molecule has 2 atom stereocenters. The number of likely N-dealkylation sites (tertiary alicyclic amines) is 1. The van der Waals surface area contributed by atoms with E-state index in [2.05, 4.69) is 16.3 Å². The van der Waals surface area contributed by atoms with Crippen LogP contribution in [-0.4, -0.2) is 37.0 Å². The molecular formula is C16H19N3O2. The SMILES string of the molecule is COc1cc(CN2CCC[C@H]3C(=O)NC[C@H]32)ccc1C#N. The zero-order chi connectivity index (χ0) is 14.8. The molecule has 0 saturated carbocycles. The topological polar surface area (TPSA) is 65.4 Å². The number of hydrogen-bond acceptors (Lipinski definition) is 4. The Labute approximate surface area is 124 Å². The van der Waals surface area contributed by atoms with E-state index in [4.69, 9.17) is 10.00 Å². The van der Waals surface area contributed by atoms with Crippen molar-refractivity contribution in [3.05, 3.63) is 29.3 Å². The standard InChI is InChI=1S/C16H19N3O2/c1-21-15-7-11(4-5-12(15)8-17)10-19-6-2-3-13-14(19)9-18-16(13)20/h4-5,7,13-14H,2-3,6,9-10H2,1H3,(H,18,20)/t13-,14-/m1/s1. The van der Waals surface area contributed by atoms with E-state index in [1.54, 1.807) is 13.2 Å². The van der Waals surface area contributed by atoms with Crippen LogP contribution in [0.1, 0.15) is 24.0 Å². The van der Waals surface area contributed by atoms with E-state index in [1.807, 2.05) is 12.1 Å². The lowest BCUT2D eigenvalue weighted by molar-refractivity contribution is -0.124. The molecule has 2 aliphatic heterocycles. The second-order valence-corrected chi connectivity index (χ2v) is 5.68. The molecule has 0 aliphatic carbocycles. The number of methoxy groups -OCH3 is 1. The molecular weight excluding hydrogens is 266 g/mol. The number of fused-ring (bicyclic) bond motifs is 1. The number of piperidine rings is 1. The Morgan fingerprint density at radius 3 is 3.14 bits per heavy atom. The van der Waals surface area contributed by atoms with Gasteiger partial charge >= 0.3 is 0 Å². The van der Waals surface area contributed by atoms with E-state index in [0.717, 1.165) is 38.0 Å². The van der Waals surface area contributed by atoms with E-state index in [0.29, 0.717) is 17.4 Å². The van der Waals surface area contributed by atoms with E-state index < -0.39 is 0 Å². The van der Waals surface area contributed by atoms with Crippen molar-refractivity contribution in [2.24, 2.45) is 5.92 Å². The number of nitrogens with one attached hydrogen (secondary N) is 1. The van der Waals surface area contributed by atoms with Crippen LogP contribution in [0.5, 0.6) is 5.75 Å². The molecule has 5 nitrogen and oxygen atoms in total. The number of nitriles is 1. The lowest BCUT2D eigenvalue weighted by Gasteiger charge is -2.35. The predicted molar refractivity (Wildman–Crippen MR) is 77.6 cm³/mol. The molecule has 1 N–H and O–H groups in total. The fourth-order valence-corrected chi connectivity index (χ4v) is 3.40. The summed E-state index contributed by atoms with van der Waals surface area (Å²) < 4.78 is 5.26. The Kier molecular flexibility index (Phi) is 3.80. The summed E-state index contributed by atoms with van der Waals surface area (Å²) in [5.74, 6) is 0.949. The molecule has 2 fully saturated rings. The zero-order valence-electron chi connectivity index (χ0n) is 12.1. The molecule has 0 bridgehead atoms. The summed E-state index contributed by atoms with van der Waals surface area (Å²) in [6, 6.07) is 8.12. The Morgan fingerprint density at radius 2 is 2.38 bits per heavy atom. The predicted octanol–water partition coefficient (Wildman–Crippen LogP) is 1.28. The molecule has 2 heterocycles. The van der Waals surface area contributed by atoms with Crippen LogP contribution in [0.15, 0.2) is 18.2 Å². The maximum absolute atomic E-state index is 11.8. The van der Waals surface area contributed by atoms with Crippen molar-refractivity contribution in [1.29, 1.82) is 5.26 Å². The number of nitrogens with zero attached hydrogens (tertiary/aromatic N) is 2. The van der Waals surface area contributed by atoms with Gasteiger partial charge in [0.15, 0.2) is 0 Å². The van der Waals surface area contributed by atoms with Crippen molar-refractivity contribution >= 4 is 5.91 Å². The van der Waals surface area contributed by atoms with Crippen molar-refractivity contribution in [1.82, 2.24) is 10.2 Å². The molecule has 0 unspecified atom stereocenters. The Balaban J connectivity index is 1.77. The largest absolute Gasteiger partial charge is 0.495 e. The van der Waals surface area contributed by atoms with Crippen LogP contribution in [-0.2, 0) is 11.3 Å². The van der Waals surface area contributed by atoms with E-state index >= 15 is 0 Å². The van der Waals surface area contributed by atoms with Crippen molar-refractivity contribution in [2.75, 3.05) is 20.2 Å². The third kappa shape index (κ3) is 2.59. The molecule has 1 aromatic rings. The summed E-state index contributed by atoms with van der Waals surface area (Å²) >= 11 is 0. The van der Waals surface area contributed by atoms with Gasteiger partial charge in [-0.15, -0.1) is 0 Å². The van der Waals surface area contributed by atoms with Crippen molar-refractivity contribution in [2.45, 2.75) is 25.4 Å². The smallest absolute Gasteiger partial charge is 0.224 e. The van der Waals surface area contributed by atoms with Gasteiger partial charge in [0.1, 0.15) is 11.8 Å². The second kappa shape index (κ2) is 5.74. The highest BCUT2D eigenvalue weighted by molar-refractivity contribution is 5.82. The first kappa shape index (κ1) is 13.9. The number of amides is 1. The monoisotopic (exact) mass is 285 g/mol. The van der Waals surface area contributed by atoms with Crippen molar-refractivity contribution in [3.63, 3.8) is 0 Å². The van der Waals surface area contributed by atoms with Gasteiger partial charge in [-0.2, -0.15) is 5.26 Å². The molecule has 110 valence electrons. The molecule has 21 heavy (non-hydrogen) atoms. The van der Waals surface area contributed by atoms with E-state index in [9.17, 15) is 4.79 Å². The molecule has 3 rings (SSSR count). The molecule has 2 aliphatic rings. The minimum Gasteiger partial charge on any atom is -0.495 e. The van der Waals surface area contributed by atoms with Crippen molar-refractivity contribution < 1.29 is 9.53 Å². The number of carbonyl (C=O) groups is 1. The second-order valence-electron chi connectivity index (χ2n) is 5.68. The Hall–Kier alpha value is -2.06. The normalized spacial score (nSPS) is 25.0. The average molecular weight is 285 g/mol. The van der Waals surface area contributed by atoms with Crippen LogP contribution in [0.4, 0.5) is 0 Å². The van der Waals surface area contributed by atoms with Crippen LogP contribution in [0, 0.1) is 17.2 Å². The van der Waals surface area contributed by atoms with Crippen molar-refractivity contribution in [3.8, 4) is 11.8 Å². The Bertz CT molecular complexity index is 594. The third-order valence-corrected chi connectivity index (χ3v) is 4.49. The van der Waals surface area contributed by atoms with Gasteiger partial charge < -0.3 is 10.1 Å². The lowest BCUT2D eigenvalue weighted by Crippen LogP contribution is -2.44. The molecule has 5 heteroatoms. The highest BCUT2D eigenvalue weighted by Crippen LogP contribution is 2.29. The lowest BCUT2D eigenvalue weighted by atomic mass is 9.91. The summed E-state index contributed by atoms with van der Waals surface area (Å²) in [7, 11) is 1.58. The summed E-state index contributed by atoms with van der Waals surface area (Å²) in [5.41, 5.74) is 1.67. The fraction of sp³-hybridized carbons (Fsp3) is 0.500. The van der Waals surface area contributed by atoms with Gasteiger partial charge in [0, 0.05) is 19.1 Å². The van der Waals surface area contributed by atoms with Gasteiger partial charge in [-0.1, -0.05) is 6.07 Å². The van der Waals surface area contributed by atoms with E-state index in [-0.39, 0.29) is 11.8 Å². The number of ether oxygens (including phenoxy) is 1. The first-order valence-corrected chi connectivity index (χ1v) is 7.31. The molecule has 0 aromatic heterocycles. The molecule has 0 radical (unpaired) electrons. The van der Waals surface area contributed by atoms with E-state index in [1.165, 1.54) is 0 Å². The summed E-state index contributed by atoms with van der Waals surface area (Å²) in [4.78, 5) is 14.2. The number of benzene rings is 1. The minimum atomic E-state index is 0.138. The minimum absolute atomic E-state index is 0.138. The maximum Gasteiger partial charge on any atom is 0.224 e. The van der Waals surface area contributed by atoms with Crippen LogP contribution >= 0.6 is 0 Å². The van der Waals surface area contributed by atoms with Gasteiger partial charge in [0.2, 0.25) is 5.91 Å². The average Bonchev–Trinajstić information content (AvgIpc) is 2.90. The fourth-order valence-electron chi connectivity index (χ4n) is 3.40. The molecule has 1 aromatic carbocycles. The van der Waals surface area contributed by atoms with Gasteiger partial charge in [0.25, 0.3) is 0 Å². The van der Waals surface area contributed by atoms with Crippen LogP contribution in [0.3, 0.4) is 0 Å². The van der Waals surface area contributed by atoms with Gasteiger partial charge in [-0.3, -0.25) is 9.69 Å². The highest BCUT2D eigenvalue weighted by atomic mass is 16.5. The highest BCUT2D eigenvalue weighted by Gasteiger charge is 2.40.